The second-order valence-electron chi connectivity index (χ2n) is 4.91. The number of rotatable bonds is 11. The number of hydrogen-bond acceptors (Lipinski definition) is 4. The average Bonchev–Trinajstić information content (AvgIpc) is 2.48. The Hall–Kier alpha value is -2.11. The Morgan fingerprint density at radius 3 is 2.59 bits per heavy atom. The smallest absolute Gasteiger partial charge is 0.317 e. The molecule has 1 rings (SSSR count). The van der Waals surface area contributed by atoms with Gasteiger partial charge in [-0.15, -0.1) is 13.2 Å². The van der Waals surface area contributed by atoms with Crippen LogP contribution in [0.4, 0.5) is 0 Å². The molecule has 1 aromatic rings. The van der Waals surface area contributed by atoms with E-state index in [0.29, 0.717) is 6.54 Å². The van der Waals surface area contributed by atoms with Crippen molar-refractivity contribution in [1.82, 2.24) is 10.2 Å². The van der Waals surface area contributed by atoms with Crippen LogP contribution in [0.25, 0.3) is 0 Å². The highest BCUT2D eigenvalue weighted by Crippen LogP contribution is 2.21. The van der Waals surface area contributed by atoms with Crippen LogP contribution in [0.1, 0.15) is 11.1 Å². The van der Waals surface area contributed by atoms with Crippen LogP contribution in [-0.4, -0.2) is 42.7 Å². The van der Waals surface area contributed by atoms with Crippen molar-refractivity contribution in [2.75, 3.05) is 26.7 Å². The monoisotopic (exact) mass is 304 g/mol. The van der Waals surface area contributed by atoms with E-state index >= 15 is 0 Å². The lowest BCUT2D eigenvalue weighted by Gasteiger charge is -2.19. The topological polar surface area (TPSA) is 61.8 Å². The Kier molecular flexibility index (Phi) is 7.96. The first kappa shape index (κ1) is 17.9. The first-order chi connectivity index (χ1) is 10.6. The Morgan fingerprint density at radius 1 is 1.36 bits per heavy atom. The highest BCUT2D eigenvalue weighted by molar-refractivity contribution is 5.69. The zero-order chi connectivity index (χ0) is 16.4. The summed E-state index contributed by atoms with van der Waals surface area (Å²) in [4.78, 5) is 12.7. The first-order valence-corrected chi connectivity index (χ1v) is 7.13. The number of ether oxygens (including phenoxy) is 1. The summed E-state index contributed by atoms with van der Waals surface area (Å²) in [7, 11) is 1.62. The van der Waals surface area contributed by atoms with Crippen molar-refractivity contribution in [1.29, 1.82) is 0 Å². The number of aliphatic carboxylic acids is 1. The van der Waals surface area contributed by atoms with Crippen molar-refractivity contribution in [2.24, 2.45) is 0 Å². The minimum Gasteiger partial charge on any atom is -0.496 e. The molecule has 5 nitrogen and oxygen atoms in total. The molecule has 0 aliphatic heterocycles. The molecule has 120 valence electrons. The molecule has 2 N–H and O–H groups in total. The Morgan fingerprint density at radius 2 is 2.05 bits per heavy atom. The third-order valence-electron chi connectivity index (χ3n) is 3.12. The summed E-state index contributed by atoms with van der Waals surface area (Å²) in [5.74, 6) is -0.118. The number of carboxylic acid groups (broad SMARTS) is 1. The number of carbonyl (C=O) groups is 1. The number of carboxylic acids is 1. The van der Waals surface area contributed by atoms with Gasteiger partial charge in [-0.05, 0) is 11.6 Å². The predicted octanol–water partition coefficient (Wildman–Crippen LogP) is 2.04. The molecule has 5 heteroatoms. The standard InChI is InChI=1S/C17H24N2O3/c1-4-8-19(9-5-2)13-14-6-7-15(16(10-14)22-3)11-18-12-17(20)21/h4-7,10,18H,1-2,8-9,11-13H2,3H3,(H,20,21). The van der Waals surface area contributed by atoms with Crippen LogP contribution in [0, 0.1) is 0 Å². The summed E-state index contributed by atoms with van der Waals surface area (Å²) < 4.78 is 5.40. The maximum absolute atomic E-state index is 10.5. The van der Waals surface area contributed by atoms with Crippen molar-refractivity contribution < 1.29 is 14.6 Å². The van der Waals surface area contributed by atoms with Gasteiger partial charge in [-0.25, -0.2) is 0 Å². The van der Waals surface area contributed by atoms with Gasteiger partial charge >= 0.3 is 5.97 Å². The molecule has 1 aromatic carbocycles. The van der Waals surface area contributed by atoms with Gasteiger partial charge in [0.1, 0.15) is 5.75 Å². The van der Waals surface area contributed by atoms with Gasteiger partial charge in [0.25, 0.3) is 0 Å². The Labute approximate surface area is 131 Å². The van der Waals surface area contributed by atoms with Gasteiger partial charge in [-0.1, -0.05) is 24.3 Å². The van der Waals surface area contributed by atoms with E-state index in [2.05, 4.69) is 23.4 Å². The number of nitrogens with zero attached hydrogens (tertiary/aromatic N) is 1. The van der Waals surface area contributed by atoms with Crippen LogP contribution in [0.15, 0.2) is 43.5 Å². The number of nitrogens with one attached hydrogen (secondary N) is 1. The van der Waals surface area contributed by atoms with E-state index in [4.69, 9.17) is 9.84 Å². The van der Waals surface area contributed by atoms with Crippen molar-refractivity contribution in [3.63, 3.8) is 0 Å². The number of benzene rings is 1. The van der Waals surface area contributed by atoms with Gasteiger partial charge in [0.2, 0.25) is 0 Å². The van der Waals surface area contributed by atoms with Gasteiger partial charge in [0, 0.05) is 31.7 Å². The van der Waals surface area contributed by atoms with Crippen molar-refractivity contribution >= 4 is 5.97 Å². The van der Waals surface area contributed by atoms with Gasteiger partial charge in [-0.3, -0.25) is 9.69 Å². The van der Waals surface area contributed by atoms with E-state index in [0.717, 1.165) is 36.5 Å². The lowest BCUT2D eigenvalue weighted by molar-refractivity contribution is -0.136. The third-order valence-corrected chi connectivity index (χ3v) is 3.12. The largest absolute Gasteiger partial charge is 0.496 e. The van der Waals surface area contributed by atoms with Crippen LogP contribution < -0.4 is 10.1 Å². The predicted molar refractivity (Wildman–Crippen MR) is 88.0 cm³/mol. The summed E-state index contributed by atoms with van der Waals surface area (Å²) in [6.07, 6.45) is 3.73. The van der Waals surface area contributed by atoms with Crippen LogP contribution >= 0.6 is 0 Å². The minimum absolute atomic E-state index is 0.0721. The fraction of sp³-hybridized carbons (Fsp3) is 0.353. The molecule has 0 saturated carbocycles. The fourth-order valence-electron chi connectivity index (χ4n) is 2.16. The zero-order valence-corrected chi connectivity index (χ0v) is 13.0. The summed E-state index contributed by atoms with van der Waals surface area (Å²) in [6, 6.07) is 5.97. The number of hydrogen-bond donors (Lipinski definition) is 2. The lowest BCUT2D eigenvalue weighted by Crippen LogP contribution is -2.24. The minimum atomic E-state index is -0.875. The summed E-state index contributed by atoms with van der Waals surface area (Å²) in [5, 5.41) is 11.5. The van der Waals surface area contributed by atoms with Gasteiger partial charge in [0.15, 0.2) is 0 Å². The zero-order valence-electron chi connectivity index (χ0n) is 13.0. The molecule has 0 radical (unpaired) electrons. The quantitative estimate of drug-likeness (QED) is 0.613. The normalized spacial score (nSPS) is 10.5. The van der Waals surface area contributed by atoms with Crippen LogP contribution in [-0.2, 0) is 17.9 Å². The van der Waals surface area contributed by atoms with Crippen molar-refractivity contribution in [3.05, 3.63) is 54.6 Å². The molecule has 0 unspecified atom stereocenters. The molecule has 0 aliphatic rings. The molecule has 0 fully saturated rings. The maximum Gasteiger partial charge on any atom is 0.317 e. The van der Waals surface area contributed by atoms with Crippen LogP contribution in [0.5, 0.6) is 5.75 Å². The summed E-state index contributed by atoms with van der Waals surface area (Å²) in [6.45, 7) is 10.3. The molecule has 0 amide bonds. The molecular formula is C17H24N2O3. The maximum atomic E-state index is 10.5. The van der Waals surface area contributed by atoms with E-state index in [-0.39, 0.29) is 6.54 Å². The van der Waals surface area contributed by atoms with Crippen molar-refractivity contribution in [3.8, 4) is 5.75 Å². The van der Waals surface area contributed by atoms with Crippen molar-refractivity contribution in [2.45, 2.75) is 13.1 Å². The van der Waals surface area contributed by atoms with Crippen LogP contribution in [0.2, 0.25) is 0 Å². The third kappa shape index (κ3) is 6.11. The van der Waals surface area contributed by atoms with Crippen LogP contribution in [0.3, 0.4) is 0 Å². The molecule has 0 aromatic heterocycles. The molecule has 0 aliphatic carbocycles. The van der Waals surface area contributed by atoms with Gasteiger partial charge in [0.05, 0.1) is 13.7 Å². The van der Waals surface area contributed by atoms with Gasteiger partial charge in [-0.2, -0.15) is 0 Å². The SMILES string of the molecule is C=CCN(CC=C)Cc1ccc(CNCC(=O)O)c(OC)c1. The first-order valence-electron chi connectivity index (χ1n) is 7.13. The molecular weight excluding hydrogens is 280 g/mol. The van der Waals surface area contributed by atoms with E-state index in [1.807, 2.05) is 30.4 Å². The van der Waals surface area contributed by atoms with E-state index in [1.165, 1.54) is 0 Å². The Balaban J connectivity index is 2.75. The fourth-order valence-corrected chi connectivity index (χ4v) is 2.16. The molecule has 0 spiro atoms. The second-order valence-corrected chi connectivity index (χ2v) is 4.91. The molecule has 0 atom stereocenters. The van der Waals surface area contributed by atoms with E-state index in [1.54, 1.807) is 7.11 Å². The molecule has 0 bridgehead atoms. The summed E-state index contributed by atoms with van der Waals surface area (Å²) >= 11 is 0. The highest BCUT2D eigenvalue weighted by Gasteiger charge is 2.08. The van der Waals surface area contributed by atoms with Gasteiger partial charge < -0.3 is 15.2 Å². The van der Waals surface area contributed by atoms with E-state index in [9.17, 15) is 4.79 Å². The summed E-state index contributed by atoms with van der Waals surface area (Å²) in [5.41, 5.74) is 2.06. The van der Waals surface area contributed by atoms with E-state index < -0.39 is 5.97 Å². The Bertz CT molecular complexity index is 505. The highest BCUT2D eigenvalue weighted by atomic mass is 16.5. The molecule has 0 saturated heterocycles. The number of methoxy groups -OCH3 is 1. The molecule has 22 heavy (non-hydrogen) atoms. The lowest BCUT2D eigenvalue weighted by atomic mass is 10.1. The molecule has 0 heterocycles. The average molecular weight is 304 g/mol. The second kappa shape index (κ2) is 9.76.